The molecule has 0 bridgehead atoms. The van der Waals surface area contributed by atoms with Crippen molar-refractivity contribution in [3.8, 4) is 0 Å². The number of sulfonamides is 1. The van der Waals surface area contributed by atoms with E-state index in [0.717, 1.165) is 0 Å². The fourth-order valence-electron chi connectivity index (χ4n) is 1.28. The number of hydrogen-bond acceptors (Lipinski definition) is 4. The van der Waals surface area contributed by atoms with Gasteiger partial charge in [-0.3, -0.25) is 10.2 Å². The Balaban J connectivity index is 2.08. The first-order valence-corrected chi connectivity index (χ1v) is 8.26. The summed E-state index contributed by atoms with van der Waals surface area (Å²) in [6, 6.07) is 9.50. The minimum Gasteiger partial charge on any atom is -0.273 e. The van der Waals surface area contributed by atoms with Crippen LogP contribution in [0.4, 0.5) is 0 Å². The van der Waals surface area contributed by atoms with E-state index in [1.165, 1.54) is 23.5 Å². The number of rotatable bonds is 4. The number of nitrogens with one attached hydrogen (secondary N) is 2. The molecule has 2 N–H and O–H groups in total. The first kappa shape index (κ1) is 14.2. The highest BCUT2D eigenvalue weighted by Gasteiger charge is 2.16. The van der Waals surface area contributed by atoms with Gasteiger partial charge < -0.3 is 0 Å². The van der Waals surface area contributed by atoms with Crippen LogP contribution >= 0.6 is 27.3 Å². The molecular formula is C11H9BrN2O3S2. The molecule has 2 aromatic rings. The molecule has 0 aliphatic heterocycles. The van der Waals surface area contributed by atoms with Gasteiger partial charge in [-0.2, -0.15) is 0 Å². The molecular weight excluding hydrogens is 352 g/mol. The van der Waals surface area contributed by atoms with Crippen molar-refractivity contribution in [2.24, 2.45) is 0 Å². The summed E-state index contributed by atoms with van der Waals surface area (Å²) in [6.45, 7) is 0. The molecule has 19 heavy (non-hydrogen) atoms. The molecule has 0 spiro atoms. The van der Waals surface area contributed by atoms with E-state index in [4.69, 9.17) is 0 Å². The largest absolute Gasteiger partial charge is 0.276 e. The first-order chi connectivity index (χ1) is 8.99. The van der Waals surface area contributed by atoms with Gasteiger partial charge in [0.1, 0.15) is 0 Å². The average molecular weight is 361 g/mol. The van der Waals surface area contributed by atoms with Gasteiger partial charge in [0.2, 0.25) is 0 Å². The summed E-state index contributed by atoms with van der Waals surface area (Å²) in [4.78, 5) is 14.2. The van der Waals surface area contributed by atoms with Gasteiger partial charge in [-0.1, -0.05) is 28.1 Å². The Morgan fingerprint density at radius 3 is 2.63 bits per heavy atom. The molecule has 0 saturated heterocycles. The lowest BCUT2D eigenvalue weighted by atomic mass is 10.4. The predicted molar refractivity (Wildman–Crippen MR) is 76.2 cm³/mol. The second-order valence-electron chi connectivity index (χ2n) is 3.49. The Bertz CT molecular complexity index is 684. The van der Waals surface area contributed by atoms with Crippen molar-refractivity contribution < 1.29 is 13.2 Å². The van der Waals surface area contributed by atoms with Gasteiger partial charge in [0.05, 0.1) is 9.77 Å². The fraction of sp³-hybridized carbons (Fsp3) is 0. The minimum atomic E-state index is -3.78. The first-order valence-electron chi connectivity index (χ1n) is 5.10. The number of halogens is 1. The van der Waals surface area contributed by atoms with E-state index in [1.54, 1.807) is 29.6 Å². The van der Waals surface area contributed by atoms with Crippen LogP contribution < -0.4 is 10.3 Å². The van der Waals surface area contributed by atoms with Gasteiger partial charge in [0.15, 0.2) is 0 Å². The lowest BCUT2D eigenvalue weighted by Crippen LogP contribution is -2.41. The number of carbonyl (C=O) groups excluding carboxylic acids is 1. The van der Waals surface area contributed by atoms with Crippen LogP contribution in [-0.2, 0) is 10.0 Å². The molecule has 1 amide bonds. The van der Waals surface area contributed by atoms with E-state index in [0.29, 0.717) is 9.35 Å². The minimum absolute atomic E-state index is 0.0633. The van der Waals surface area contributed by atoms with E-state index < -0.39 is 15.9 Å². The molecule has 0 unspecified atom stereocenters. The monoisotopic (exact) mass is 360 g/mol. The Kier molecular flexibility index (Phi) is 4.35. The number of thiophene rings is 1. The number of hydrogen-bond donors (Lipinski definition) is 2. The van der Waals surface area contributed by atoms with Gasteiger partial charge in [-0.25, -0.2) is 8.42 Å². The third-order valence-corrected chi connectivity index (χ3v) is 4.76. The maximum absolute atomic E-state index is 11.9. The highest BCUT2D eigenvalue weighted by molar-refractivity contribution is 9.10. The average Bonchev–Trinajstić information content (AvgIpc) is 2.90. The van der Waals surface area contributed by atoms with Crippen LogP contribution in [0.3, 0.4) is 0 Å². The van der Waals surface area contributed by atoms with Gasteiger partial charge in [-0.05, 0) is 29.6 Å². The van der Waals surface area contributed by atoms with Crippen molar-refractivity contribution in [2.75, 3.05) is 0 Å². The molecule has 0 aliphatic rings. The molecule has 0 radical (unpaired) electrons. The van der Waals surface area contributed by atoms with Crippen LogP contribution in [0.25, 0.3) is 0 Å². The topological polar surface area (TPSA) is 75.3 Å². The molecule has 0 fully saturated rings. The van der Waals surface area contributed by atoms with E-state index in [2.05, 4.69) is 21.4 Å². The summed E-state index contributed by atoms with van der Waals surface area (Å²) >= 11 is 4.41. The maximum atomic E-state index is 11.9. The molecule has 0 saturated carbocycles. The summed E-state index contributed by atoms with van der Waals surface area (Å²) in [5, 5.41) is 1.73. The van der Waals surface area contributed by atoms with Crippen LogP contribution in [0.2, 0.25) is 0 Å². The van der Waals surface area contributed by atoms with Crippen LogP contribution in [0, 0.1) is 0 Å². The Morgan fingerprint density at radius 1 is 1.21 bits per heavy atom. The summed E-state index contributed by atoms with van der Waals surface area (Å²) in [5.41, 5.74) is 2.16. The quantitative estimate of drug-likeness (QED) is 0.820. The molecule has 1 aromatic heterocycles. The van der Waals surface area contributed by atoms with E-state index in [9.17, 15) is 13.2 Å². The van der Waals surface area contributed by atoms with Crippen molar-refractivity contribution in [2.45, 2.75) is 4.90 Å². The summed E-state index contributed by atoms with van der Waals surface area (Å²) < 4.78 is 24.5. The molecule has 100 valence electrons. The second-order valence-corrected chi connectivity index (χ2v) is 7.04. The van der Waals surface area contributed by atoms with Crippen molar-refractivity contribution in [1.29, 1.82) is 0 Å². The van der Waals surface area contributed by atoms with Gasteiger partial charge in [0, 0.05) is 4.47 Å². The normalized spacial score (nSPS) is 11.2. The zero-order valence-corrected chi connectivity index (χ0v) is 12.7. The number of hydrazine groups is 1. The number of benzene rings is 1. The fourth-order valence-corrected chi connectivity index (χ4v) is 3.33. The zero-order chi connectivity index (χ0) is 13.9. The maximum Gasteiger partial charge on any atom is 0.276 e. The Labute approximate surface area is 122 Å². The Morgan fingerprint density at radius 2 is 2.00 bits per heavy atom. The second kappa shape index (κ2) is 5.83. The number of carbonyl (C=O) groups is 1. The lowest BCUT2D eigenvalue weighted by Gasteiger charge is -2.07. The summed E-state index contributed by atoms with van der Waals surface area (Å²) in [6.07, 6.45) is 0. The molecule has 8 heteroatoms. The highest BCUT2D eigenvalue weighted by Crippen LogP contribution is 2.15. The predicted octanol–water partition coefficient (Wildman–Crippen LogP) is 2.13. The smallest absolute Gasteiger partial charge is 0.273 e. The summed E-state index contributed by atoms with van der Waals surface area (Å²) in [7, 11) is -3.78. The van der Waals surface area contributed by atoms with E-state index >= 15 is 0 Å². The molecule has 1 aromatic carbocycles. The van der Waals surface area contributed by atoms with Crippen molar-refractivity contribution in [3.05, 3.63) is 51.1 Å². The molecule has 5 nitrogen and oxygen atoms in total. The summed E-state index contributed by atoms with van der Waals surface area (Å²) in [5.74, 6) is -0.492. The molecule has 0 atom stereocenters. The molecule has 2 rings (SSSR count). The van der Waals surface area contributed by atoms with Crippen molar-refractivity contribution >= 4 is 43.2 Å². The highest BCUT2D eigenvalue weighted by atomic mass is 79.9. The van der Waals surface area contributed by atoms with E-state index in [1.807, 2.05) is 4.83 Å². The van der Waals surface area contributed by atoms with Crippen LogP contribution in [0.15, 0.2) is 51.1 Å². The zero-order valence-electron chi connectivity index (χ0n) is 9.46. The lowest BCUT2D eigenvalue weighted by molar-refractivity contribution is 0.0949. The SMILES string of the molecule is O=C(NNS(=O)(=O)c1cccc(Br)c1)c1cccs1. The number of amides is 1. The van der Waals surface area contributed by atoms with Crippen molar-refractivity contribution in [1.82, 2.24) is 10.3 Å². The third kappa shape index (κ3) is 3.63. The van der Waals surface area contributed by atoms with Gasteiger partial charge in [0.25, 0.3) is 15.9 Å². The Hall–Kier alpha value is -1.22. The van der Waals surface area contributed by atoms with Crippen molar-refractivity contribution in [3.63, 3.8) is 0 Å². The van der Waals surface area contributed by atoms with Crippen LogP contribution in [0.5, 0.6) is 0 Å². The molecule has 0 aliphatic carbocycles. The standard InChI is InChI=1S/C11H9BrN2O3S2/c12-8-3-1-4-9(7-8)19(16,17)14-13-11(15)10-5-2-6-18-10/h1-7,14H,(H,13,15). The van der Waals surface area contributed by atoms with Crippen LogP contribution in [0.1, 0.15) is 9.67 Å². The molecule has 1 heterocycles. The van der Waals surface area contributed by atoms with E-state index in [-0.39, 0.29) is 4.90 Å². The third-order valence-electron chi connectivity index (χ3n) is 2.15. The van der Waals surface area contributed by atoms with Crippen LogP contribution in [-0.4, -0.2) is 14.3 Å². The van der Waals surface area contributed by atoms with Gasteiger partial charge in [-0.15, -0.1) is 16.2 Å². The van der Waals surface area contributed by atoms with Gasteiger partial charge >= 0.3 is 0 Å².